The van der Waals surface area contributed by atoms with Crippen molar-refractivity contribution in [3.05, 3.63) is 77.1 Å². The smallest absolute Gasteiger partial charge is 0.411 e. The van der Waals surface area contributed by atoms with Crippen LogP contribution in [0.1, 0.15) is 24.1 Å². The number of benzene rings is 2. The van der Waals surface area contributed by atoms with Gasteiger partial charge in [0.15, 0.2) is 0 Å². The first kappa shape index (κ1) is 16.6. The molecule has 0 saturated carbocycles. The minimum absolute atomic E-state index is 0.274. The standard InChI is InChI=1S/C19H19N3O3/c1-12(20-19(24)25-2)16-18(23)22-17(13-8-4-3-5-9-13)14-10-6-7-11-15(14)21-16/h3-11,17,21H,1-2H3,(H,20,24)(H,22,23)/b16-12-/t17-/m0/s1. The lowest BCUT2D eigenvalue weighted by Crippen LogP contribution is -2.33. The molecule has 0 radical (unpaired) electrons. The number of ether oxygens (including phenoxy) is 1. The molecule has 1 heterocycles. The minimum atomic E-state index is -0.628. The number of hydrogen-bond acceptors (Lipinski definition) is 4. The van der Waals surface area contributed by atoms with E-state index in [4.69, 9.17) is 0 Å². The van der Waals surface area contributed by atoms with E-state index < -0.39 is 6.09 Å². The molecule has 0 aliphatic carbocycles. The Balaban J connectivity index is 2.05. The predicted octanol–water partition coefficient (Wildman–Crippen LogP) is 2.91. The highest BCUT2D eigenvalue weighted by atomic mass is 16.5. The summed E-state index contributed by atoms with van der Waals surface area (Å²) in [6.45, 7) is 1.64. The molecular formula is C19H19N3O3. The first-order valence-electron chi connectivity index (χ1n) is 7.87. The van der Waals surface area contributed by atoms with Crippen molar-refractivity contribution in [2.24, 2.45) is 0 Å². The Labute approximate surface area is 145 Å². The zero-order valence-electron chi connectivity index (χ0n) is 14.0. The van der Waals surface area contributed by atoms with Crippen molar-refractivity contribution >= 4 is 17.7 Å². The van der Waals surface area contributed by atoms with Crippen LogP contribution in [0.4, 0.5) is 10.5 Å². The summed E-state index contributed by atoms with van der Waals surface area (Å²) in [6, 6.07) is 17.1. The Bertz CT molecular complexity index is 831. The quantitative estimate of drug-likeness (QED) is 0.736. The van der Waals surface area contributed by atoms with Crippen molar-refractivity contribution in [1.82, 2.24) is 10.6 Å². The first-order chi connectivity index (χ1) is 12.1. The number of alkyl carbamates (subject to hydrolysis) is 1. The second kappa shape index (κ2) is 7.09. The van der Waals surface area contributed by atoms with Crippen LogP contribution in [-0.2, 0) is 9.53 Å². The van der Waals surface area contributed by atoms with E-state index >= 15 is 0 Å². The van der Waals surface area contributed by atoms with Crippen LogP contribution in [0.15, 0.2) is 66.0 Å². The van der Waals surface area contributed by atoms with Crippen molar-refractivity contribution in [2.45, 2.75) is 13.0 Å². The van der Waals surface area contributed by atoms with Gasteiger partial charge in [-0.15, -0.1) is 0 Å². The number of carbonyl (C=O) groups excluding carboxylic acids is 2. The second-order valence-corrected chi connectivity index (χ2v) is 5.65. The molecule has 0 fully saturated rings. The van der Waals surface area contributed by atoms with Crippen LogP contribution in [-0.4, -0.2) is 19.1 Å². The van der Waals surface area contributed by atoms with E-state index in [0.717, 1.165) is 16.8 Å². The largest absolute Gasteiger partial charge is 0.453 e. The van der Waals surface area contributed by atoms with Crippen molar-refractivity contribution in [3.8, 4) is 0 Å². The summed E-state index contributed by atoms with van der Waals surface area (Å²) in [4.78, 5) is 24.2. The van der Waals surface area contributed by atoms with Crippen molar-refractivity contribution in [3.63, 3.8) is 0 Å². The molecule has 0 unspecified atom stereocenters. The molecule has 6 nitrogen and oxygen atoms in total. The summed E-state index contributed by atoms with van der Waals surface area (Å²) in [5.41, 5.74) is 3.38. The number of allylic oxidation sites excluding steroid dienone is 1. The van der Waals surface area contributed by atoms with Gasteiger partial charge in [-0.2, -0.15) is 0 Å². The van der Waals surface area contributed by atoms with E-state index in [-0.39, 0.29) is 17.6 Å². The molecule has 0 saturated heterocycles. The van der Waals surface area contributed by atoms with Crippen LogP contribution >= 0.6 is 0 Å². The average Bonchev–Trinajstić information content (AvgIpc) is 2.79. The number of nitrogens with one attached hydrogen (secondary N) is 3. The summed E-state index contributed by atoms with van der Waals surface area (Å²) in [6.07, 6.45) is -0.628. The van der Waals surface area contributed by atoms with Crippen LogP contribution in [0.2, 0.25) is 0 Å². The molecule has 2 amide bonds. The number of rotatable bonds is 2. The second-order valence-electron chi connectivity index (χ2n) is 5.65. The normalized spacial score (nSPS) is 18.2. The summed E-state index contributed by atoms with van der Waals surface area (Å²) in [5, 5.41) is 8.70. The Morgan fingerprint density at radius 2 is 1.76 bits per heavy atom. The van der Waals surface area contributed by atoms with Crippen molar-refractivity contribution < 1.29 is 14.3 Å². The third-order valence-corrected chi connectivity index (χ3v) is 4.02. The zero-order chi connectivity index (χ0) is 17.8. The van der Waals surface area contributed by atoms with Gasteiger partial charge in [0.25, 0.3) is 5.91 Å². The van der Waals surface area contributed by atoms with E-state index in [1.807, 2.05) is 54.6 Å². The lowest BCUT2D eigenvalue weighted by molar-refractivity contribution is -0.117. The predicted molar refractivity (Wildman–Crippen MR) is 94.7 cm³/mol. The molecule has 3 rings (SSSR count). The number of hydrogen-bond donors (Lipinski definition) is 3. The van der Waals surface area contributed by atoms with Crippen LogP contribution in [0, 0.1) is 0 Å². The van der Waals surface area contributed by atoms with Gasteiger partial charge in [-0.25, -0.2) is 4.79 Å². The Hall–Kier alpha value is -3.28. The number of methoxy groups -OCH3 is 1. The van der Waals surface area contributed by atoms with Gasteiger partial charge in [0.1, 0.15) is 5.70 Å². The van der Waals surface area contributed by atoms with Gasteiger partial charge in [-0.05, 0) is 18.6 Å². The summed E-state index contributed by atoms with van der Waals surface area (Å²) in [5.74, 6) is -0.307. The zero-order valence-corrected chi connectivity index (χ0v) is 14.0. The highest BCUT2D eigenvalue weighted by Crippen LogP contribution is 2.32. The van der Waals surface area contributed by atoms with Gasteiger partial charge in [0.2, 0.25) is 0 Å². The number of carbonyl (C=O) groups is 2. The highest BCUT2D eigenvalue weighted by molar-refractivity contribution is 5.99. The molecular weight excluding hydrogens is 318 g/mol. The fraction of sp³-hybridized carbons (Fsp3) is 0.158. The fourth-order valence-corrected chi connectivity index (χ4v) is 2.77. The van der Waals surface area contributed by atoms with E-state index in [0.29, 0.717) is 5.70 Å². The molecule has 2 aromatic carbocycles. The molecule has 1 atom stereocenters. The molecule has 1 aliphatic rings. The van der Waals surface area contributed by atoms with Gasteiger partial charge >= 0.3 is 6.09 Å². The highest BCUT2D eigenvalue weighted by Gasteiger charge is 2.27. The molecule has 0 bridgehead atoms. The van der Waals surface area contributed by atoms with E-state index in [2.05, 4.69) is 20.7 Å². The maximum atomic E-state index is 12.8. The van der Waals surface area contributed by atoms with Crippen molar-refractivity contribution in [2.75, 3.05) is 12.4 Å². The minimum Gasteiger partial charge on any atom is -0.453 e. The summed E-state index contributed by atoms with van der Waals surface area (Å²) in [7, 11) is 1.27. The summed E-state index contributed by atoms with van der Waals surface area (Å²) >= 11 is 0. The number of anilines is 1. The van der Waals surface area contributed by atoms with Crippen LogP contribution in [0.5, 0.6) is 0 Å². The number of fused-ring (bicyclic) bond motifs is 1. The third-order valence-electron chi connectivity index (χ3n) is 4.02. The van der Waals surface area contributed by atoms with Gasteiger partial charge in [0, 0.05) is 16.9 Å². The number of para-hydroxylation sites is 1. The number of amides is 2. The molecule has 2 aromatic rings. The van der Waals surface area contributed by atoms with Gasteiger partial charge in [-0.3, -0.25) is 10.1 Å². The maximum Gasteiger partial charge on any atom is 0.411 e. The van der Waals surface area contributed by atoms with Crippen LogP contribution in [0.3, 0.4) is 0 Å². The Morgan fingerprint density at radius 1 is 1.08 bits per heavy atom. The molecule has 0 spiro atoms. The maximum absolute atomic E-state index is 12.8. The molecule has 6 heteroatoms. The molecule has 128 valence electrons. The monoisotopic (exact) mass is 337 g/mol. The van der Waals surface area contributed by atoms with E-state index in [1.165, 1.54) is 7.11 Å². The molecule has 3 N–H and O–H groups in total. The van der Waals surface area contributed by atoms with Gasteiger partial charge in [0.05, 0.1) is 13.2 Å². The molecule has 25 heavy (non-hydrogen) atoms. The van der Waals surface area contributed by atoms with Gasteiger partial charge < -0.3 is 15.4 Å². The first-order valence-corrected chi connectivity index (χ1v) is 7.87. The van der Waals surface area contributed by atoms with E-state index in [9.17, 15) is 9.59 Å². The SMILES string of the molecule is COC(=O)N/C(C)=C1\Nc2ccccc2[C@H](c2ccccc2)NC1=O. The summed E-state index contributed by atoms with van der Waals surface area (Å²) < 4.78 is 4.59. The lowest BCUT2D eigenvalue weighted by Gasteiger charge is -2.18. The topological polar surface area (TPSA) is 79.5 Å². The molecule has 0 aromatic heterocycles. The van der Waals surface area contributed by atoms with Crippen LogP contribution < -0.4 is 16.0 Å². The van der Waals surface area contributed by atoms with Crippen LogP contribution in [0.25, 0.3) is 0 Å². The van der Waals surface area contributed by atoms with E-state index in [1.54, 1.807) is 6.92 Å². The fourth-order valence-electron chi connectivity index (χ4n) is 2.77. The average molecular weight is 337 g/mol. The van der Waals surface area contributed by atoms with Gasteiger partial charge in [-0.1, -0.05) is 48.5 Å². The lowest BCUT2D eigenvalue weighted by atomic mass is 9.97. The Morgan fingerprint density at radius 3 is 2.48 bits per heavy atom. The molecule has 1 aliphatic heterocycles. The Kier molecular flexibility index (Phi) is 4.70. The van der Waals surface area contributed by atoms with Crippen molar-refractivity contribution in [1.29, 1.82) is 0 Å². The third kappa shape index (κ3) is 3.47.